The molecule has 0 aliphatic rings. The predicted molar refractivity (Wildman–Crippen MR) is 33.6 cm³/mol. The molecule has 0 aliphatic heterocycles. The Balaban J connectivity index is 2.34. The van der Waals surface area contributed by atoms with Crippen LogP contribution in [-0.4, -0.2) is 28.3 Å². The zero-order valence-electron chi connectivity index (χ0n) is 3.78. The van der Waals surface area contributed by atoms with Crippen molar-refractivity contribution in [1.82, 2.24) is 0 Å². The zero-order valence-corrected chi connectivity index (χ0v) is 7.52. The molecule has 3 radical (unpaired) electrons. The van der Waals surface area contributed by atoms with Crippen LogP contribution in [0.25, 0.3) is 0 Å². The van der Waals surface area contributed by atoms with E-state index in [0.29, 0.717) is 0 Å². The first kappa shape index (κ1) is 7.15. The minimum atomic E-state index is 1.06. The molecule has 0 aromatic carbocycles. The Kier molecular flexibility index (Phi) is 7.33. The first-order valence-electron chi connectivity index (χ1n) is 2.17. The quantitative estimate of drug-likeness (QED) is 0.403. The number of hydrogen-bond donors (Lipinski definition) is 1. The summed E-state index contributed by atoms with van der Waals surface area (Å²) in [6.07, 6.45) is 2.68. The molecule has 0 saturated heterocycles. The van der Waals surface area contributed by atoms with Gasteiger partial charge in [-0.05, 0) is 0 Å². The third kappa shape index (κ3) is 5.15. The Morgan fingerprint density at radius 1 is 1.33 bits per heavy atom. The normalized spacial score (nSPS) is 9.00. The molecular weight excluding hydrogens is 199 g/mol. The van der Waals surface area contributed by atoms with Gasteiger partial charge in [0.15, 0.2) is 0 Å². The van der Waals surface area contributed by atoms with Gasteiger partial charge in [0, 0.05) is 0 Å². The molecule has 0 heterocycles. The molecule has 0 aromatic heterocycles. The molecule has 35 valence electrons. The Morgan fingerprint density at radius 3 is 2.17 bits per heavy atom. The fraction of sp³-hybridized carbons (Fsp3) is 1.00. The average molecular weight is 208 g/mol. The average Bonchev–Trinajstić information content (AvgIpc) is 1.61. The second-order valence-electron chi connectivity index (χ2n) is 1.18. The monoisotopic (exact) mass is 209 g/mol. The van der Waals surface area contributed by atoms with Crippen LogP contribution in [0.5, 0.6) is 0 Å². The SMILES string of the molecule is SCCC[CH2][Sn]. The van der Waals surface area contributed by atoms with E-state index < -0.39 is 0 Å². The summed E-state index contributed by atoms with van der Waals surface area (Å²) in [5.74, 6) is 1.06. The minimum absolute atomic E-state index is 1.06. The van der Waals surface area contributed by atoms with Crippen LogP contribution in [-0.2, 0) is 0 Å². The molecule has 0 aliphatic carbocycles. The Labute approximate surface area is 58.2 Å². The molecule has 0 amide bonds. The van der Waals surface area contributed by atoms with Crippen LogP contribution in [0.15, 0.2) is 0 Å². The second-order valence-corrected chi connectivity index (χ2v) is 3.05. The van der Waals surface area contributed by atoms with E-state index in [1.54, 1.807) is 22.5 Å². The van der Waals surface area contributed by atoms with Crippen LogP contribution in [0.2, 0.25) is 4.44 Å². The van der Waals surface area contributed by atoms with Crippen LogP contribution in [0.4, 0.5) is 0 Å². The van der Waals surface area contributed by atoms with Gasteiger partial charge in [0.1, 0.15) is 0 Å². The van der Waals surface area contributed by atoms with Gasteiger partial charge in [0.25, 0.3) is 0 Å². The van der Waals surface area contributed by atoms with Crippen molar-refractivity contribution in [3.63, 3.8) is 0 Å². The molecule has 6 heavy (non-hydrogen) atoms. The maximum absolute atomic E-state index is 4.06. The van der Waals surface area contributed by atoms with E-state index in [-0.39, 0.29) is 0 Å². The zero-order chi connectivity index (χ0) is 4.83. The Morgan fingerprint density at radius 2 is 2.00 bits per heavy atom. The molecule has 2 heteroatoms. The molecule has 0 spiro atoms. The Hall–Kier alpha value is 1.15. The van der Waals surface area contributed by atoms with Crippen molar-refractivity contribution >= 4 is 35.2 Å². The van der Waals surface area contributed by atoms with Crippen LogP contribution in [0, 0.1) is 0 Å². The third-order valence-corrected chi connectivity index (χ3v) is 1.91. The van der Waals surface area contributed by atoms with Gasteiger partial charge in [0.05, 0.1) is 0 Å². The van der Waals surface area contributed by atoms with Gasteiger partial charge in [-0.15, -0.1) is 0 Å². The van der Waals surface area contributed by atoms with Gasteiger partial charge < -0.3 is 0 Å². The van der Waals surface area contributed by atoms with Gasteiger partial charge in [0.2, 0.25) is 0 Å². The molecule has 0 rings (SSSR count). The first-order valence-corrected chi connectivity index (χ1v) is 4.82. The van der Waals surface area contributed by atoms with E-state index in [0.717, 1.165) is 5.75 Å². The van der Waals surface area contributed by atoms with E-state index in [1.165, 1.54) is 17.3 Å². The van der Waals surface area contributed by atoms with E-state index in [2.05, 4.69) is 12.6 Å². The summed E-state index contributed by atoms with van der Waals surface area (Å²) >= 11 is 5.73. The number of unbranched alkanes of at least 4 members (excludes halogenated alkanes) is 1. The summed E-state index contributed by atoms with van der Waals surface area (Å²) in [6.45, 7) is 0. The van der Waals surface area contributed by atoms with Crippen molar-refractivity contribution in [2.24, 2.45) is 0 Å². The van der Waals surface area contributed by atoms with E-state index in [4.69, 9.17) is 0 Å². The summed E-state index contributed by atoms with van der Waals surface area (Å²) in [7, 11) is 0. The standard InChI is InChI=1S/C4H9S.Sn/c1-2-3-4-5;/h5H,1-4H2;. The topological polar surface area (TPSA) is 0 Å². The third-order valence-electron chi connectivity index (χ3n) is 0.585. The maximum atomic E-state index is 4.06. The van der Waals surface area contributed by atoms with Crippen molar-refractivity contribution in [2.75, 3.05) is 5.75 Å². The van der Waals surface area contributed by atoms with Crippen LogP contribution >= 0.6 is 12.6 Å². The summed E-state index contributed by atoms with van der Waals surface area (Å²) in [6, 6.07) is 0. The summed E-state index contributed by atoms with van der Waals surface area (Å²) in [4.78, 5) is 0. The van der Waals surface area contributed by atoms with Gasteiger partial charge in [-0.25, -0.2) is 0 Å². The summed E-state index contributed by atoms with van der Waals surface area (Å²) in [5, 5.41) is 0. The van der Waals surface area contributed by atoms with E-state index >= 15 is 0 Å². The molecule has 0 unspecified atom stereocenters. The van der Waals surface area contributed by atoms with E-state index in [1.807, 2.05) is 0 Å². The molecule has 0 nitrogen and oxygen atoms in total. The number of thiol groups is 1. The number of rotatable bonds is 3. The van der Waals surface area contributed by atoms with Crippen molar-refractivity contribution in [3.8, 4) is 0 Å². The van der Waals surface area contributed by atoms with Gasteiger partial charge in [-0.2, -0.15) is 0 Å². The molecular formula is C4H9SSn. The molecule has 0 saturated carbocycles. The van der Waals surface area contributed by atoms with Crippen LogP contribution in [0.1, 0.15) is 12.8 Å². The van der Waals surface area contributed by atoms with Gasteiger partial charge in [-0.3, -0.25) is 0 Å². The van der Waals surface area contributed by atoms with Gasteiger partial charge >= 0.3 is 58.2 Å². The fourth-order valence-electron chi connectivity index (χ4n) is 0.237. The predicted octanol–water partition coefficient (Wildman–Crippen LogP) is 1.28. The van der Waals surface area contributed by atoms with Crippen molar-refractivity contribution in [3.05, 3.63) is 0 Å². The summed E-state index contributed by atoms with van der Waals surface area (Å²) < 4.78 is 1.40. The van der Waals surface area contributed by atoms with Crippen molar-refractivity contribution < 1.29 is 0 Å². The summed E-state index contributed by atoms with van der Waals surface area (Å²) in [5.41, 5.74) is 0. The fourth-order valence-corrected chi connectivity index (χ4v) is 1.17. The number of hydrogen-bond acceptors (Lipinski definition) is 1. The van der Waals surface area contributed by atoms with Gasteiger partial charge in [-0.1, -0.05) is 0 Å². The first-order chi connectivity index (χ1) is 2.91. The Bertz CT molecular complexity index is 19.5. The van der Waals surface area contributed by atoms with Crippen molar-refractivity contribution in [1.29, 1.82) is 0 Å². The van der Waals surface area contributed by atoms with Crippen LogP contribution in [0.3, 0.4) is 0 Å². The van der Waals surface area contributed by atoms with Crippen LogP contribution < -0.4 is 0 Å². The van der Waals surface area contributed by atoms with Crippen molar-refractivity contribution in [2.45, 2.75) is 17.3 Å². The molecule has 0 bridgehead atoms. The second kappa shape index (κ2) is 6.15. The van der Waals surface area contributed by atoms with E-state index in [9.17, 15) is 0 Å². The molecule has 0 fully saturated rings. The molecule has 0 aromatic rings. The molecule has 0 N–H and O–H groups in total. The molecule has 0 atom stereocenters.